The molecule has 0 heterocycles. The maximum absolute atomic E-state index is 10.2. The Morgan fingerprint density at radius 2 is 2.10 bits per heavy atom. The molecule has 0 spiro atoms. The molecule has 0 aliphatic rings. The molecule has 0 aromatic rings. The monoisotopic (exact) mass is 145 g/mol. The summed E-state index contributed by atoms with van der Waals surface area (Å²) < 4.78 is 0. The van der Waals surface area contributed by atoms with Gasteiger partial charge in [-0.25, -0.2) is 0 Å². The van der Waals surface area contributed by atoms with Crippen molar-refractivity contribution in [1.29, 1.82) is 0 Å². The molecule has 0 atom stereocenters. The van der Waals surface area contributed by atoms with Crippen LogP contribution in [0.15, 0.2) is 0 Å². The average molecular weight is 145 g/mol. The summed E-state index contributed by atoms with van der Waals surface area (Å²) in [5, 5.41) is 3.06. The van der Waals surface area contributed by atoms with E-state index >= 15 is 0 Å². The number of hydrogen-bond acceptors (Lipinski definition) is 3. The zero-order valence-corrected chi connectivity index (χ0v) is 6.10. The number of nitrogens with one attached hydrogen (secondary N) is 1. The van der Waals surface area contributed by atoms with E-state index in [1.807, 2.05) is 0 Å². The summed E-state index contributed by atoms with van der Waals surface area (Å²) in [6, 6.07) is 0. The minimum atomic E-state index is -0.241. The van der Waals surface area contributed by atoms with Crippen LogP contribution < -0.4 is 16.8 Å². The number of primary amides is 1. The minimum Gasteiger partial charge on any atom is -0.370 e. The van der Waals surface area contributed by atoms with Crippen LogP contribution in [-0.4, -0.2) is 25.5 Å². The molecule has 0 radical (unpaired) electrons. The van der Waals surface area contributed by atoms with Crippen LogP contribution in [0.2, 0.25) is 0 Å². The summed E-state index contributed by atoms with van der Waals surface area (Å²) in [6.45, 7) is 2.26. The second-order valence-corrected chi connectivity index (χ2v) is 2.11. The lowest BCUT2D eigenvalue weighted by molar-refractivity contribution is -0.118. The Hall–Kier alpha value is -0.610. The lowest BCUT2D eigenvalue weighted by Gasteiger charge is -1.99. The molecule has 0 aromatic carbocycles. The van der Waals surface area contributed by atoms with E-state index in [-0.39, 0.29) is 5.91 Å². The highest BCUT2D eigenvalue weighted by molar-refractivity contribution is 5.73. The molecule has 0 aromatic heterocycles. The van der Waals surface area contributed by atoms with Crippen molar-refractivity contribution in [3.05, 3.63) is 0 Å². The molecule has 0 aliphatic carbocycles. The average Bonchev–Trinajstić information content (AvgIpc) is 1.87. The Morgan fingerprint density at radius 1 is 1.40 bits per heavy atom. The highest BCUT2D eigenvalue weighted by atomic mass is 16.1. The van der Waals surface area contributed by atoms with E-state index in [0.29, 0.717) is 13.0 Å². The predicted molar refractivity (Wildman–Crippen MR) is 40.4 cm³/mol. The standard InChI is InChI=1S/C6H15N3O/c7-3-5-9-4-1-2-6(8)10/h9H,1-5,7H2,(H2,8,10). The Labute approximate surface area is 61.0 Å². The van der Waals surface area contributed by atoms with Crippen molar-refractivity contribution in [2.24, 2.45) is 11.5 Å². The van der Waals surface area contributed by atoms with Crippen LogP contribution in [0.4, 0.5) is 0 Å². The van der Waals surface area contributed by atoms with Crippen LogP contribution in [0.1, 0.15) is 12.8 Å². The van der Waals surface area contributed by atoms with Gasteiger partial charge in [-0.3, -0.25) is 4.79 Å². The maximum atomic E-state index is 10.2. The van der Waals surface area contributed by atoms with Gasteiger partial charge in [0, 0.05) is 19.5 Å². The number of hydrogen-bond donors (Lipinski definition) is 3. The van der Waals surface area contributed by atoms with E-state index in [9.17, 15) is 4.79 Å². The van der Waals surface area contributed by atoms with Gasteiger partial charge in [-0.15, -0.1) is 0 Å². The molecule has 0 saturated heterocycles. The summed E-state index contributed by atoms with van der Waals surface area (Å²) >= 11 is 0. The Balaban J connectivity index is 2.84. The second-order valence-electron chi connectivity index (χ2n) is 2.11. The minimum absolute atomic E-state index is 0.241. The molecule has 0 aliphatic heterocycles. The first-order valence-electron chi connectivity index (χ1n) is 3.46. The summed E-state index contributed by atoms with van der Waals surface area (Å²) in [7, 11) is 0. The molecule has 4 heteroatoms. The molecule has 0 saturated carbocycles. The van der Waals surface area contributed by atoms with Gasteiger partial charge < -0.3 is 16.8 Å². The zero-order chi connectivity index (χ0) is 7.82. The second kappa shape index (κ2) is 6.51. The molecule has 0 unspecified atom stereocenters. The third kappa shape index (κ3) is 7.39. The van der Waals surface area contributed by atoms with Crippen molar-refractivity contribution in [2.45, 2.75) is 12.8 Å². The highest BCUT2D eigenvalue weighted by Crippen LogP contribution is 1.82. The van der Waals surface area contributed by atoms with Crippen LogP contribution in [0.3, 0.4) is 0 Å². The van der Waals surface area contributed by atoms with Gasteiger partial charge in [-0.2, -0.15) is 0 Å². The van der Waals surface area contributed by atoms with E-state index in [2.05, 4.69) is 5.32 Å². The van der Waals surface area contributed by atoms with Gasteiger partial charge in [-0.1, -0.05) is 0 Å². The molecular formula is C6H15N3O. The van der Waals surface area contributed by atoms with Crippen LogP contribution in [0.25, 0.3) is 0 Å². The lowest BCUT2D eigenvalue weighted by Crippen LogP contribution is -2.24. The molecular weight excluding hydrogens is 130 g/mol. The Bertz CT molecular complexity index is 95.0. The highest BCUT2D eigenvalue weighted by Gasteiger charge is 1.91. The summed E-state index contributed by atoms with van der Waals surface area (Å²) in [6.07, 6.45) is 1.26. The normalized spacial score (nSPS) is 9.70. The van der Waals surface area contributed by atoms with Crippen LogP contribution in [0, 0.1) is 0 Å². The van der Waals surface area contributed by atoms with E-state index in [1.54, 1.807) is 0 Å². The largest absolute Gasteiger partial charge is 0.370 e. The van der Waals surface area contributed by atoms with Crippen molar-refractivity contribution in [3.63, 3.8) is 0 Å². The van der Waals surface area contributed by atoms with Crippen LogP contribution in [-0.2, 0) is 4.79 Å². The summed E-state index contributed by atoms with van der Waals surface area (Å²) in [4.78, 5) is 10.2. The number of amides is 1. The first-order chi connectivity index (χ1) is 4.77. The van der Waals surface area contributed by atoms with E-state index in [4.69, 9.17) is 11.5 Å². The molecule has 4 nitrogen and oxygen atoms in total. The van der Waals surface area contributed by atoms with E-state index in [0.717, 1.165) is 19.5 Å². The molecule has 1 amide bonds. The maximum Gasteiger partial charge on any atom is 0.217 e. The number of carbonyl (C=O) groups is 1. The van der Waals surface area contributed by atoms with Gasteiger partial charge in [0.15, 0.2) is 0 Å². The van der Waals surface area contributed by atoms with Gasteiger partial charge >= 0.3 is 0 Å². The third-order valence-corrected chi connectivity index (χ3v) is 1.10. The zero-order valence-electron chi connectivity index (χ0n) is 6.10. The van der Waals surface area contributed by atoms with Gasteiger partial charge in [0.1, 0.15) is 0 Å². The van der Waals surface area contributed by atoms with Crippen molar-refractivity contribution < 1.29 is 4.79 Å². The SMILES string of the molecule is NCCNCCCC(N)=O. The van der Waals surface area contributed by atoms with E-state index in [1.165, 1.54) is 0 Å². The van der Waals surface area contributed by atoms with Crippen molar-refractivity contribution in [2.75, 3.05) is 19.6 Å². The molecule has 0 fully saturated rings. The smallest absolute Gasteiger partial charge is 0.217 e. The quantitative estimate of drug-likeness (QED) is 0.411. The predicted octanol–water partition coefficient (Wildman–Crippen LogP) is -1.20. The van der Waals surface area contributed by atoms with Gasteiger partial charge in [0.05, 0.1) is 0 Å². The van der Waals surface area contributed by atoms with Gasteiger partial charge in [-0.05, 0) is 13.0 Å². The summed E-state index contributed by atoms with van der Waals surface area (Å²) in [5.74, 6) is -0.241. The molecule has 60 valence electrons. The number of carbonyl (C=O) groups excluding carboxylic acids is 1. The Kier molecular flexibility index (Phi) is 6.11. The molecule has 5 N–H and O–H groups in total. The van der Waals surface area contributed by atoms with Crippen LogP contribution >= 0.6 is 0 Å². The number of nitrogens with two attached hydrogens (primary N) is 2. The van der Waals surface area contributed by atoms with Crippen molar-refractivity contribution in [3.8, 4) is 0 Å². The Morgan fingerprint density at radius 3 is 2.60 bits per heavy atom. The van der Waals surface area contributed by atoms with Crippen molar-refractivity contribution >= 4 is 5.91 Å². The number of rotatable bonds is 6. The van der Waals surface area contributed by atoms with Gasteiger partial charge in [0.25, 0.3) is 0 Å². The van der Waals surface area contributed by atoms with Crippen LogP contribution in [0.5, 0.6) is 0 Å². The first-order valence-corrected chi connectivity index (χ1v) is 3.46. The molecule has 10 heavy (non-hydrogen) atoms. The third-order valence-electron chi connectivity index (χ3n) is 1.10. The fourth-order valence-electron chi connectivity index (χ4n) is 0.615. The van der Waals surface area contributed by atoms with Gasteiger partial charge in [0.2, 0.25) is 5.91 Å². The first kappa shape index (κ1) is 9.39. The van der Waals surface area contributed by atoms with Crippen molar-refractivity contribution in [1.82, 2.24) is 5.32 Å². The fraction of sp³-hybridized carbons (Fsp3) is 0.833. The molecule has 0 rings (SSSR count). The molecule has 0 bridgehead atoms. The van der Waals surface area contributed by atoms with E-state index < -0.39 is 0 Å². The lowest BCUT2D eigenvalue weighted by atomic mass is 10.3. The fourth-order valence-corrected chi connectivity index (χ4v) is 0.615. The topological polar surface area (TPSA) is 81.1 Å². The summed E-state index contributed by atoms with van der Waals surface area (Å²) in [5.41, 5.74) is 10.1.